The topological polar surface area (TPSA) is 75.1 Å². The van der Waals surface area contributed by atoms with Crippen molar-refractivity contribution in [1.82, 2.24) is 9.97 Å². The molecule has 0 spiro atoms. The monoisotopic (exact) mass is 317 g/mol. The summed E-state index contributed by atoms with van der Waals surface area (Å²) in [5.74, 6) is -1.28. The summed E-state index contributed by atoms with van der Waals surface area (Å²) in [6.07, 6.45) is -3.35. The summed E-state index contributed by atoms with van der Waals surface area (Å²) < 4.78 is 36.9. The Morgan fingerprint density at radius 3 is 2.52 bits per heavy atom. The van der Waals surface area contributed by atoms with Gasteiger partial charge in [0.05, 0.1) is 18.0 Å². The fourth-order valence-electron chi connectivity index (χ4n) is 1.41. The Bertz CT molecular complexity index is 674. The fraction of sp³-hybridized carbons (Fsp3) is 0.0833. The molecule has 0 unspecified atom stereocenters. The van der Waals surface area contributed by atoms with Crippen LogP contribution in [0.15, 0.2) is 30.6 Å². The van der Waals surface area contributed by atoms with Gasteiger partial charge in [0.1, 0.15) is 5.75 Å². The second-order valence-electron chi connectivity index (χ2n) is 3.90. The summed E-state index contributed by atoms with van der Waals surface area (Å²) in [6, 6.07) is 3.81. The Balaban J connectivity index is 2.18. The molecule has 5 nitrogen and oxygen atoms in total. The number of carbonyl (C=O) groups is 1. The maximum Gasteiger partial charge on any atom is 0.434 e. The maximum atomic E-state index is 12.3. The number of alkyl halides is 3. The van der Waals surface area contributed by atoms with E-state index < -0.39 is 17.8 Å². The van der Waals surface area contributed by atoms with Crippen LogP contribution in [0.5, 0.6) is 5.75 Å². The smallest absolute Gasteiger partial charge is 0.434 e. The first-order valence-corrected chi connectivity index (χ1v) is 5.84. The molecule has 1 heterocycles. The van der Waals surface area contributed by atoms with E-state index >= 15 is 0 Å². The van der Waals surface area contributed by atoms with Gasteiger partial charge in [-0.3, -0.25) is 4.79 Å². The number of nitrogens with one attached hydrogen (secondary N) is 1. The largest absolute Gasteiger partial charge is 0.507 e. The summed E-state index contributed by atoms with van der Waals surface area (Å²) in [7, 11) is 0. The van der Waals surface area contributed by atoms with Gasteiger partial charge in [0.25, 0.3) is 5.91 Å². The highest BCUT2D eigenvalue weighted by Gasteiger charge is 2.32. The van der Waals surface area contributed by atoms with E-state index in [9.17, 15) is 23.1 Å². The molecule has 9 heteroatoms. The molecule has 0 aliphatic carbocycles. The first kappa shape index (κ1) is 15.0. The lowest BCUT2D eigenvalue weighted by Gasteiger charge is -2.08. The van der Waals surface area contributed by atoms with Crippen LogP contribution in [0.25, 0.3) is 0 Å². The Labute approximate surface area is 121 Å². The van der Waals surface area contributed by atoms with Crippen molar-refractivity contribution in [3.63, 3.8) is 0 Å². The first-order valence-electron chi connectivity index (χ1n) is 5.46. The number of aromatic hydroxyl groups is 1. The predicted molar refractivity (Wildman–Crippen MR) is 68.1 cm³/mol. The van der Waals surface area contributed by atoms with Crippen molar-refractivity contribution in [3.8, 4) is 5.75 Å². The van der Waals surface area contributed by atoms with Crippen LogP contribution in [0.3, 0.4) is 0 Å². The number of hydrogen-bond donors (Lipinski definition) is 2. The van der Waals surface area contributed by atoms with Crippen molar-refractivity contribution in [2.75, 3.05) is 5.32 Å². The Kier molecular flexibility index (Phi) is 3.99. The number of benzene rings is 1. The van der Waals surface area contributed by atoms with E-state index in [1.54, 1.807) is 0 Å². The number of halogens is 4. The van der Waals surface area contributed by atoms with Crippen LogP contribution < -0.4 is 5.32 Å². The van der Waals surface area contributed by atoms with Crippen LogP contribution >= 0.6 is 11.6 Å². The Morgan fingerprint density at radius 1 is 1.24 bits per heavy atom. The second kappa shape index (κ2) is 5.57. The molecule has 0 fully saturated rings. The average molecular weight is 318 g/mol. The molecule has 1 aromatic carbocycles. The molecule has 0 aliphatic heterocycles. The number of carbonyl (C=O) groups excluding carboxylic acids is 1. The molecule has 0 saturated heterocycles. The van der Waals surface area contributed by atoms with Gasteiger partial charge in [0, 0.05) is 5.02 Å². The molecular formula is C12H7ClF3N3O2. The van der Waals surface area contributed by atoms with E-state index in [1.807, 2.05) is 0 Å². The third-order valence-corrected chi connectivity index (χ3v) is 2.62. The van der Waals surface area contributed by atoms with Gasteiger partial charge in [-0.15, -0.1) is 0 Å². The number of rotatable bonds is 2. The quantitative estimate of drug-likeness (QED) is 0.892. The molecule has 110 valence electrons. The molecule has 0 atom stereocenters. The molecule has 0 bridgehead atoms. The summed E-state index contributed by atoms with van der Waals surface area (Å²) in [5.41, 5.74) is -1.31. The minimum Gasteiger partial charge on any atom is -0.507 e. The van der Waals surface area contributed by atoms with Gasteiger partial charge in [0.15, 0.2) is 11.5 Å². The molecule has 2 aromatic rings. The molecule has 21 heavy (non-hydrogen) atoms. The number of hydrogen-bond acceptors (Lipinski definition) is 4. The van der Waals surface area contributed by atoms with Gasteiger partial charge < -0.3 is 10.4 Å². The summed E-state index contributed by atoms with van der Waals surface area (Å²) in [6.45, 7) is 0. The van der Waals surface area contributed by atoms with E-state index in [2.05, 4.69) is 15.3 Å². The fourth-order valence-corrected chi connectivity index (χ4v) is 1.58. The lowest BCUT2D eigenvalue weighted by Crippen LogP contribution is -2.15. The highest BCUT2D eigenvalue weighted by atomic mass is 35.5. The van der Waals surface area contributed by atoms with Crippen molar-refractivity contribution in [2.24, 2.45) is 0 Å². The summed E-state index contributed by atoms with van der Waals surface area (Å²) >= 11 is 5.69. The van der Waals surface area contributed by atoms with Crippen molar-refractivity contribution >= 4 is 23.3 Å². The zero-order valence-corrected chi connectivity index (χ0v) is 10.9. The van der Waals surface area contributed by atoms with Crippen molar-refractivity contribution in [2.45, 2.75) is 6.18 Å². The van der Waals surface area contributed by atoms with Crippen LogP contribution in [0.1, 0.15) is 16.1 Å². The number of nitrogens with zero attached hydrogens (tertiary/aromatic N) is 2. The molecular weight excluding hydrogens is 311 g/mol. The molecule has 0 radical (unpaired) electrons. The minimum atomic E-state index is -4.61. The second-order valence-corrected chi connectivity index (χ2v) is 4.34. The van der Waals surface area contributed by atoms with Crippen LogP contribution in [-0.2, 0) is 6.18 Å². The molecule has 2 rings (SSSR count). The lowest BCUT2D eigenvalue weighted by atomic mass is 10.2. The summed E-state index contributed by atoms with van der Waals surface area (Å²) in [5, 5.41) is 12.0. The molecule has 1 amide bonds. The van der Waals surface area contributed by atoms with E-state index in [1.165, 1.54) is 18.2 Å². The number of anilines is 1. The third kappa shape index (κ3) is 3.60. The highest BCUT2D eigenvalue weighted by Crippen LogP contribution is 2.27. The van der Waals surface area contributed by atoms with Crippen LogP contribution in [0.4, 0.5) is 19.0 Å². The van der Waals surface area contributed by atoms with Crippen LogP contribution in [0, 0.1) is 0 Å². The molecule has 0 saturated carbocycles. The third-order valence-electron chi connectivity index (χ3n) is 2.39. The van der Waals surface area contributed by atoms with E-state index in [0.717, 1.165) is 6.20 Å². The predicted octanol–water partition coefficient (Wildman–Crippen LogP) is 3.11. The van der Waals surface area contributed by atoms with Crippen molar-refractivity contribution in [1.29, 1.82) is 0 Å². The maximum absolute atomic E-state index is 12.3. The van der Waals surface area contributed by atoms with Gasteiger partial charge >= 0.3 is 6.18 Å². The normalized spacial score (nSPS) is 11.2. The standard InChI is InChI=1S/C12H7ClF3N3O2/c13-6-1-2-8(20)7(3-6)11(21)19-10-5-17-9(4-18-10)12(14,15)16/h1-5,20H,(H,18,19,21). The van der Waals surface area contributed by atoms with Gasteiger partial charge in [-0.25, -0.2) is 9.97 Å². The Morgan fingerprint density at radius 2 is 1.95 bits per heavy atom. The molecule has 0 aliphatic rings. The number of aromatic nitrogens is 2. The zero-order valence-electron chi connectivity index (χ0n) is 10.1. The minimum absolute atomic E-state index is 0.135. The first-order chi connectivity index (χ1) is 9.77. The van der Waals surface area contributed by atoms with Gasteiger partial charge in [-0.05, 0) is 18.2 Å². The van der Waals surface area contributed by atoms with E-state index in [4.69, 9.17) is 11.6 Å². The van der Waals surface area contributed by atoms with Gasteiger partial charge in [-0.1, -0.05) is 11.6 Å². The zero-order chi connectivity index (χ0) is 15.6. The average Bonchev–Trinajstić information content (AvgIpc) is 2.41. The number of phenols is 1. The van der Waals surface area contributed by atoms with E-state index in [-0.39, 0.29) is 22.2 Å². The Hall–Kier alpha value is -2.35. The number of amides is 1. The highest BCUT2D eigenvalue weighted by molar-refractivity contribution is 6.31. The molecule has 1 aromatic heterocycles. The summed E-state index contributed by atoms with van der Waals surface area (Å²) in [4.78, 5) is 18.4. The van der Waals surface area contributed by atoms with Crippen molar-refractivity contribution in [3.05, 3.63) is 46.9 Å². The molecule has 2 N–H and O–H groups in total. The number of phenolic OH excluding ortho intramolecular Hbond substituents is 1. The van der Waals surface area contributed by atoms with Crippen molar-refractivity contribution < 1.29 is 23.1 Å². The van der Waals surface area contributed by atoms with Gasteiger partial charge in [0.2, 0.25) is 0 Å². The lowest BCUT2D eigenvalue weighted by molar-refractivity contribution is -0.141. The van der Waals surface area contributed by atoms with E-state index in [0.29, 0.717) is 6.20 Å². The van der Waals surface area contributed by atoms with Crippen LogP contribution in [-0.4, -0.2) is 21.0 Å². The SMILES string of the molecule is O=C(Nc1cnc(C(F)(F)F)cn1)c1cc(Cl)ccc1O. The van der Waals surface area contributed by atoms with Crippen LogP contribution in [0.2, 0.25) is 5.02 Å². The van der Waals surface area contributed by atoms with Gasteiger partial charge in [-0.2, -0.15) is 13.2 Å².